The van der Waals surface area contributed by atoms with E-state index in [1.54, 1.807) is 6.92 Å². The van der Waals surface area contributed by atoms with Gasteiger partial charge in [-0.05, 0) is 61.9 Å². The van der Waals surface area contributed by atoms with Crippen LogP contribution < -0.4 is 10.1 Å². The summed E-state index contributed by atoms with van der Waals surface area (Å²) in [5.74, 6) is 0.605. The average molecular weight is 333 g/mol. The number of amides is 1. The van der Waals surface area contributed by atoms with Crippen LogP contribution >= 0.6 is 0 Å². The number of rotatable bonds is 4. The largest absolute Gasteiger partial charge is 0.481 e. The van der Waals surface area contributed by atoms with E-state index in [-0.39, 0.29) is 5.91 Å². The average Bonchev–Trinajstić information content (AvgIpc) is 2.59. The third-order valence-electron chi connectivity index (χ3n) is 4.48. The summed E-state index contributed by atoms with van der Waals surface area (Å²) in [6.45, 7) is 7.87. The first-order valence-corrected chi connectivity index (χ1v) is 8.49. The lowest BCUT2D eigenvalue weighted by Gasteiger charge is -2.18. The number of carbonyl (C=O) groups is 1. The van der Waals surface area contributed by atoms with Gasteiger partial charge in [-0.1, -0.05) is 42.5 Å². The summed E-state index contributed by atoms with van der Waals surface area (Å²) in [6.07, 6.45) is -0.584. The number of benzene rings is 3. The molecule has 3 aromatic rings. The van der Waals surface area contributed by atoms with Gasteiger partial charge in [0.2, 0.25) is 0 Å². The molecule has 1 N–H and O–H groups in total. The van der Waals surface area contributed by atoms with Crippen LogP contribution in [0.2, 0.25) is 0 Å². The molecule has 0 fully saturated rings. The Bertz CT molecular complexity index is 925. The molecule has 1 amide bonds. The summed E-state index contributed by atoms with van der Waals surface area (Å²) in [5.41, 5.74) is 4.16. The molecular weight excluding hydrogens is 310 g/mol. The fourth-order valence-electron chi connectivity index (χ4n) is 2.94. The molecule has 1 atom stereocenters. The Balaban J connectivity index is 1.79. The quantitative estimate of drug-likeness (QED) is 0.715. The van der Waals surface area contributed by atoms with Gasteiger partial charge in [-0.2, -0.15) is 0 Å². The van der Waals surface area contributed by atoms with E-state index in [0.29, 0.717) is 0 Å². The lowest BCUT2D eigenvalue weighted by molar-refractivity contribution is -0.122. The van der Waals surface area contributed by atoms with E-state index in [4.69, 9.17) is 4.74 Å². The molecule has 0 aliphatic heterocycles. The molecule has 3 rings (SSSR count). The Labute approximate surface area is 148 Å². The van der Waals surface area contributed by atoms with Crippen molar-refractivity contribution in [3.05, 3.63) is 71.3 Å². The van der Waals surface area contributed by atoms with Crippen LogP contribution in [0.1, 0.15) is 23.6 Å². The Kier molecular flexibility index (Phi) is 4.75. The van der Waals surface area contributed by atoms with Gasteiger partial charge in [0.1, 0.15) is 5.75 Å². The van der Waals surface area contributed by atoms with Crippen LogP contribution in [0.25, 0.3) is 10.8 Å². The fourth-order valence-corrected chi connectivity index (χ4v) is 2.94. The van der Waals surface area contributed by atoms with Crippen molar-refractivity contribution >= 4 is 22.4 Å². The lowest BCUT2D eigenvalue weighted by Crippen LogP contribution is -2.30. The summed E-state index contributed by atoms with van der Waals surface area (Å²) in [7, 11) is 0. The van der Waals surface area contributed by atoms with E-state index in [1.165, 1.54) is 0 Å². The molecule has 0 spiro atoms. The van der Waals surface area contributed by atoms with Crippen molar-refractivity contribution in [2.24, 2.45) is 0 Å². The van der Waals surface area contributed by atoms with Crippen LogP contribution in [0.15, 0.2) is 54.6 Å². The molecule has 3 heteroatoms. The lowest BCUT2D eigenvalue weighted by atomic mass is 10.1. The first-order valence-electron chi connectivity index (χ1n) is 8.49. The molecule has 3 aromatic carbocycles. The van der Waals surface area contributed by atoms with Gasteiger partial charge < -0.3 is 10.1 Å². The van der Waals surface area contributed by atoms with E-state index in [1.807, 2.05) is 62.4 Å². The summed E-state index contributed by atoms with van der Waals surface area (Å²) >= 11 is 0. The Hall–Kier alpha value is -2.81. The molecule has 0 aromatic heterocycles. The van der Waals surface area contributed by atoms with E-state index in [0.717, 1.165) is 38.9 Å². The van der Waals surface area contributed by atoms with Crippen LogP contribution in [-0.4, -0.2) is 12.0 Å². The molecule has 0 heterocycles. The minimum Gasteiger partial charge on any atom is -0.481 e. The van der Waals surface area contributed by atoms with Crippen molar-refractivity contribution in [3.63, 3.8) is 0 Å². The van der Waals surface area contributed by atoms with Crippen molar-refractivity contribution in [3.8, 4) is 5.75 Å². The molecular formula is C22H23NO2. The maximum absolute atomic E-state index is 12.6. The van der Waals surface area contributed by atoms with Gasteiger partial charge in [0.25, 0.3) is 5.91 Å². The third-order valence-corrected chi connectivity index (χ3v) is 4.48. The number of aryl methyl sites for hydroxylation is 2. The third kappa shape index (κ3) is 3.66. The van der Waals surface area contributed by atoms with Gasteiger partial charge >= 0.3 is 0 Å². The second-order valence-electron chi connectivity index (χ2n) is 6.48. The zero-order valence-corrected chi connectivity index (χ0v) is 15.1. The fraction of sp³-hybridized carbons (Fsp3) is 0.227. The highest BCUT2D eigenvalue weighted by atomic mass is 16.5. The Morgan fingerprint density at radius 2 is 1.72 bits per heavy atom. The molecule has 0 radical (unpaired) electrons. The van der Waals surface area contributed by atoms with Gasteiger partial charge in [0.15, 0.2) is 6.10 Å². The molecule has 128 valence electrons. The number of nitrogens with one attached hydrogen (secondary N) is 1. The number of carbonyl (C=O) groups excluding carboxylic acids is 1. The van der Waals surface area contributed by atoms with Crippen molar-refractivity contribution in [1.29, 1.82) is 0 Å². The summed E-state index contributed by atoms with van der Waals surface area (Å²) in [5, 5.41) is 5.11. The molecule has 0 aliphatic rings. The Morgan fingerprint density at radius 1 is 1.00 bits per heavy atom. The number of anilines is 1. The summed E-state index contributed by atoms with van der Waals surface area (Å²) < 4.78 is 5.94. The van der Waals surface area contributed by atoms with Gasteiger partial charge in [0, 0.05) is 11.1 Å². The molecule has 0 unspecified atom stereocenters. The molecule has 0 bridgehead atoms. The second kappa shape index (κ2) is 6.98. The van der Waals surface area contributed by atoms with Crippen LogP contribution in [0.3, 0.4) is 0 Å². The standard InChI is InChI=1S/C22H23NO2/c1-14-12-15(2)16(3)21(13-14)25-17(4)22(24)23-20-11-7-9-18-8-5-6-10-19(18)20/h5-13,17H,1-4H3,(H,23,24)/t17-/m1/s1. The van der Waals surface area contributed by atoms with Gasteiger partial charge in [0.05, 0.1) is 0 Å². The number of ether oxygens (including phenoxy) is 1. The van der Waals surface area contributed by atoms with Gasteiger partial charge in [-0.25, -0.2) is 0 Å². The van der Waals surface area contributed by atoms with E-state index < -0.39 is 6.10 Å². The highest BCUT2D eigenvalue weighted by Crippen LogP contribution is 2.26. The van der Waals surface area contributed by atoms with Crippen molar-refractivity contribution in [2.45, 2.75) is 33.8 Å². The summed E-state index contributed by atoms with van der Waals surface area (Å²) in [4.78, 5) is 12.6. The van der Waals surface area contributed by atoms with E-state index >= 15 is 0 Å². The van der Waals surface area contributed by atoms with Crippen LogP contribution in [0.4, 0.5) is 5.69 Å². The molecule has 0 saturated heterocycles. The van der Waals surface area contributed by atoms with Gasteiger partial charge in [-0.15, -0.1) is 0 Å². The first-order chi connectivity index (χ1) is 12.0. The van der Waals surface area contributed by atoms with Gasteiger partial charge in [-0.3, -0.25) is 4.79 Å². The predicted molar refractivity (Wildman–Crippen MR) is 103 cm³/mol. The maximum atomic E-state index is 12.6. The van der Waals surface area contributed by atoms with Crippen molar-refractivity contribution in [2.75, 3.05) is 5.32 Å². The number of fused-ring (bicyclic) bond motifs is 1. The molecule has 0 aliphatic carbocycles. The highest BCUT2D eigenvalue weighted by molar-refractivity contribution is 6.03. The smallest absolute Gasteiger partial charge is 0.265 e. The minimum atomic E-state index is -0.584. The van der Waals surface area contributed by atoms with Crippen molar-refractivity contribution < 1.29 is 9.53 Å². The Morgan fingerprint density at radius 3 is 2.52 bits per heavy atom. The van der Waals surface area contributed by atoms with Crippen molar-refractivity contribution in [1.82, 2.24) is 0 Å². The SMILES string of the molecule is Cc1cc(C)c(C)c(O[C@H](C)C(=O)Nc2cccc3ccccc23)c1. The normalized spacial score (nSPS) is 12.0. The highest BCUT2D eigenvalue weighted by Gasteiger charge is 2.17. The maximum Gasteiger partial charge on any atom is 0.265 e. The minimum absolute atomic E-state index is 0.157. The van der Waals surface area contributed by atoms with Crippen LogP contribution in [0.5, 0.6) is 5.75 Å². The topological polar surface area (TPSA) is 38.3 Å². The predicted octanol–water partition coefficient (Wildman–Crippen LogP) is 5.17. The number of hydrogen-bond donors (Lipinski definition) is 1. The van der Waals surface area contributed by atoms with E-state index in [9.17, 15) is 4.79 Å². The monoisotopic (exact) mass is 333 g/mol. The van der Waals surface area contributed by atoms with Crippen LogP contribution in [0, 0.1) is 20.8 Å². The summed E-state index contributed by atoms with van der Waals surface area (Å²) in [6, 6.07) is 18.0. The molecule has 25 heavy (non-hydrogen) atoms. The first kappa shape index (κ1) is 17.0. The van der Waals surface area contributed by atoms with E-state index in [2.05, 4.69) is 18.3 Å². The van der Waals surface area contributed by atoms with Crippen LogP contribution in [-0.2, 0) is 4.79 Å². The number of hydrogen-bond acceptors (Lipinski definition) is 2. The molecule has 0 saturated carbocycles. The second-order valence-corrected chi connectivity index (χ2v) is 6.48. The zero-order valence-electron chi connectivity index (χ0n) is 15.1. The zero-order chi connectivity index (χ0) is 18.0. The molecule has 3 nitrogen and oxygen atoms in total.